The fourth-order valence-electron chi connectivity index (χ4n) is 3.78. The molecule has 0 radical (unpaired) electrons. The van der Waals surface area contributed by atoms with E-state index in [1.807, 2.05) is 4.90 Å². The van der Waals surface area contributed by atoms with E-state index in [2.05, 4.69) is 47.1 Å². The molecule has 2 heterocycles. The number of benzene rings is 2. The van der Waals surface area contributed by atoms with E-state index < -0.39 is 0 Å². The Morgan fingerprint density at radius 3 is 2.48 bits per heavy atom. The van der Waals surface area contributed by atoms with Crippen molar-refractivity contribution in [2.24, 2.45) is 0 Å². The average molecular weight is 392 g/mol. The molecule has 0 unspecified atom stereocenters. The Bertz CT molecular complexity index is 1050. The number of hydrogen-bond donors (Lipinski definition) is 1. The van der Waals surface area contributed by atoms with Crippen molar-refractivity contribution < 1.29 is 9.18 Å². The lowest BCUT2D eigenvalue weighted by Gasteiger charge is -2.36. The third-order valence-electron chi connectivity index (χ3n) is 5.75. The first-order valence-corrected chi connectivity index (χ1v) is 9.86. The Morgan fingerprint density at radius 2 is 1.76 bits per heavy atom. The summed E-state index contributed by atoms with van der Waals surface area (Å²) < 4.78 is 13.5. The third-order valence-corrected chi connectivity index (χ3v) is 5.75. The number of aromatic amines is 1. The zero-order valence-electron chi connectivity index (χ0n) is 17.0. The minimum absolute atomic E-state index is 0.0526. The van der Waals surface area contributed by atoms with Gasteiger partial charge in [0, 0.05) is 37.4 Å². The van der Waals surface area contributed by atoms with Crippen molar-refractivity contribution in [3.63, 3.8) is 0 Å². The van der Waals surface area contributed by atoms with Crippen molar-refractivity contribution in [2.45, 2.75) is 20.8 Å². The van der Waals surface area contributed by atoms with Gasteiger partial charge >= 0.3 is 0 Å². The van der Waals surface area contributed by atoms with Crippen LogP contribution in [0.2, 0.25) is 0 Å². The number of carbonyl (C=O) groups is 1. The molecule has 1 saturated heterocycles. The predicted molar refractivity (Wildman–Crippen MR) is 113 cm³/mol. The third kappa shape index (κ3) is 3.75. The molecule has 2 aromatic carbocycles. The van der Waals surface area contributed by atoms with Crippen LogP contribution >= 0.6 is 0 Å². The van der Waals surface area contributed by atoms with Crippen LogP contribution in [0.5, 0.6) is 0 Å². The Morgan fingerprint density at radius 1 is 1.00 bits per heavy atom. The lowest BCUT2D eigenvalue weighted by molar-refractivity contribution is 0.0741. The summed E-state index contributed by atoms with van der Waals surface area (Å²) in [5.74, 6) is -0.300. The number of rotatable bonds is 3. The summed E-state index contributed by atoms with van der Waals surface area (Å²) in [4.78, 5) is 17.1. The van der Waals surface area contributed by atoms with E-state index in [0.29, 0.717) is 30.0 Å². The maximum atomic E-state index is 13.5. The molecule has 0 spiro atoms. The monoisotopic (exact) mass is 392 g/mol. The highest BCUT2D eigenvalue weighted by molar-refractivity contribution is 5.93. The molecule has 0 bridgehead atoms. The van der Waals surface area contributed by atoms with Gasteiger partial charge in [-0.25, -0.2) is 4.39 Å². The zero-order valence-corrected chi connectivity index (χ0v) is 17.0. The van der Waals surface area contributed by atoms with E-state index >= 15 is 0 Å². The van der Waals surface area contributed by atoms with Crippen LogP contribution in [0.25, 0.3) is 11.3 Å². The van der Waals surface area contributed by atoms with Crippen LogP contribution in [0.4, 0.5) is 10.1 Å². The molecule has 6 heteroatoms. The summed E-state index contributed by atoms with van der Waals surface area (Å²) in [7, 11) is 0. The van der Waals surface area contributed by atoms with Gasteiger partial charge in [-0.05, 0) is 67.8 Å². The molecule has 150 valence electrons. The normalized spacial score (nSPS) is 14.3. The summed E-state index contributed by atoms with van der Waals surface area (Å²) in [6.07, 6.45) is 0. The lowest BCUT2D eigenvalue weighted by Crippen LogP contribution is -2.49. The highest BCUT2D eigenvalue weighted by atomic mass is 19.1. The largest absolute Gasteiger partial charge is 0.368 e. The molecule has 1 fully saturated rings. The van der Waals surface area contributed by atoms with Crippen molar-refractivity contribution in [1.82, 2.24) is 15.1 Å². The van der Waals surface area contributed by atoms with E-state index in [4.69, 9.17) is 0 Å². The highest BCUT2D eigenvalue weighted by Crippen LogP contribution is 2.25. The van der Waals surface area contributed by atoms with Gasteiger partial charge in [0.05, 0.1) is 5.69 Å². The smallest absolute Gasteiger partial charge is 0.272 e. The van der Waals surface area contributed by atoms with Crippen LogP contribution in [-0.4, -0.2) is 47.2 Å². The molecule has 1 aliphatic heterocycles. The van der Waals surface area contributed by atoms with Gasteiger partial charge in [-0.15, -0.1) is 0 Å². The first-order chi connectivity index (χ1) is 13.9. The van der Waals surface area contributed by atoms with Crippen LogP contribution in [0.15, 0.2) is 42.5 Å². The molecule has 1 N–H and O–H groups in total. The van der Waals surface area contributed by atoms with Crippen molar-refractivity contribution >= 4 is 11.6 Å². The Hall–Kier alpha value is -3.15. The van der Waals surface area contributed by atoms with Gasteiger partial charge in [0.1, 0.15) is 11.5 Å². The van der Waals surface area contributed by atoms with Gasteiger partial charge in [0.15, 0.2) is 0 Å². The van der Waals surface area contributed by atoms with Gasteiger partial charge in [-0.2, -0.15) is 5.10 Å². The number of aromatic nitrogens is 2. The molecule has 4 rings (SSSR count). The molecule has 0 aliphatic carbocycles. The van der Waals surface area contributed by atoms with Gasteiger partial charge < -0.3 is 9.80 Å². The second-order valence-electron chi connectivity index (χ2n) is 7.63. The lowest BCUT2D eigenvalue weighted by atomic mass is 10.1. The zero-order chi connectivity index (χ0) is 20.5. The van der Waals surface area contributed by atoms with Crippen LogP contribution < -0.4 is 4.90 Å². The molecule has 3 aromatic rings. The number of anilines is 1. The molecule has 5 nitrogen and oxygen atoms in total. The van der Waals surface area contributed by atoms with Crippen molar-refractivity contribution in [2.75, 3.05) is 31.1 Å². The SMILES string of the molecule is Cc1cc(-c2cc(C(=O)N3CCN(c4cccc(C)c4C)CC3)[nH]n2)ccc1F. The number of carbonyl (C=O) groups excluding carboxylic acids is 1. The predicted octanol–water partition coefficient (Wildman–Crippen LogP) is 4.10. The fourth-order valence-corrected chi connectivity index (χ4v) is 3.78. The standard InChI is InChI=1S/C23H25FN4O/c1-15-5-4-6-22(17(15)3)27-9-11-28(12-10-27)23(29)21-14-20(25-26-21)18-7-8-19(24)16(2)13-18/h4-8,13-14H,9-12H2,1-3H3,(H,25,26). The van der Waals surface area contributed by atoms with E-state index in [0.717, 1.165) is 18.7 Å². The maximum absolute atomic E-state index is 13.5. The van der Waals surface area contributed by atoms with Crippen molar-refractivity contribution in [3.05, 3.63) is 70.7 Å². The number of amides is 1. The van der Waals surface area contributed by atoms with Crippen LogP contribution in [0.3, 0.4) is 0 Å². The van der Waals surface area contributed by atoms with Gasteiger partial charge in [0.2, 0.25) is 0 Å². The number of aryl methyl sites for hydroxylation is 2. The molecule has 1 aromatic heterocycles. The molecule has 0 saturated carbocycles. The van der Waals surface area contributed by atoms with Crippen LogP contribution in [0.1, 0.15) is 27.2 Å². The Labute approximate surface area is 170 Å². The number of nitrogens with one attached hydrogen (secondary N) is 1. The number of nitrogens with zero attached hydrogens (tertiary/aromatic N) is 3. The topological polar surface area (TPSA) is 52.2 Å². The molecule has 1 aliphatic rings. The summed E-state index contributed by atoms with van der Waals surface area (Å²) in [5.41, 5.74) is 6.27. The maximum Gasteiger partial charge on any atom is 0.272 e. The number of H-pyrrole nitrogens is 1. The fraction of sp³-hybridized carbons (Fsp3) is 0.304. The van der Waals surface area contributed by atoms with E-state index in [9.17, 15) is 9.18 Å². The number of halogens is 1. The first kappa shape index (κ1) is 19.2. The van der Waals surface area contributed by atoms with Crippen LogP contribution in [0, 0.1) is 26.6 Å². The van der Waals surface area contributed by atoms with Gasteiger partial charge in [-0.1, -0.05) is 12.1 Å². The van der Waals surface area contributed by atoms with Crippen molar-refractivity contribution in [1.29, 1.82) is 0 Å². The number of piperazine rings is 1. The summed E-state index contributed by atoms with van der Waals surface area (Å²) in [6, 6.07) is 12.9. The second-order valence-corrected chi connectivity index (χ2v) is 7.63. The first-order valence-electron chi connectivity index (χ1n) is 9.86. The Kier molecular flexibility index (Phi) is 5.09. The van der Waals surface area contributed by atoms with Gasteiger partial charge in [-0.3, -0.25) is 9.89 Å². The second kappa shape index (κ2) is 7.70. The van der Waals surface area contributed by atoms with Crippen molar-refractivity contribution in [3.8, 4) is 11.3 Å². The number of hydrogen-bond acceptors (Lipinski definition) is 3. The molecule has 1 amide bonds. The van der Waals surface area contributed by atoms with E-state index in [1.54, 1.807) is 25.1 Å². The Balaban J connectivity index is 1.44. The van der Waals surface area contributed by atoms with E-state index in [1.165, 1.54) is 22.9 Å². The van der Waals surface area contributed by atoms with E-state index in [-0.39, 0.29) is 11.7 Å². The molecular formula is C23H25FN4O. The molecular weight excluding hydrogens is 367 g/mol. The quantitative estimate of drug-likeness (QED) is 0.730. The average Bonchev–Trinajstić information content (AvgIpc) is 3.22. The highest BCUT2D eigenvalue weighted by Gasteiger charge is 2.24. The summed E-state index contributed by atoms with van der Waals surface area (Å²) >= 11 is 0. The summed E-state index contributed by atoms with van der Waals surface area (Å²) in [6.45, 7) is 8.91. The molecule has 29 heavy (non-hydrogen) atoms. The summed E-state index contributed by atoms with van der Waals surface area (Å²) in [5, 5.41) is 7.10. The van der Waals surface area contributed by atoms with Crippen LogP contribution in [-0.2, 0) is 0 Å². The molecule has 0 atom stereocenters. The minimum Gasteiger partial charge on any atom is -0.368 e. The minimum atomic E-state index is -0.248. The van der Waals surface area contributed by atoms with Gasteiger partial charge in [0.25, 0.3) is 5.91 Å².